The molecule has 0 radical (unpaired) electrons. The Kier molecular flexibility index (Phi) is 4.59. The van der Waals surface area contributed by atoms with E-state index < -0.39 is 22.6 Å². The van der Waals surface area contributed by atoms with Gasteiger partial charge >= 0.3 is 0 Å². The fourth-order valence-corrected chi connectivity index (χ4v) is 3.26. The van der Waals surface area contributed by atoms with Crippen molar-refractivity contribution in [3.63, 3.8) is 0 Å². The second-order valence-corrected chi connectivity index (χ2v) is 6.75. The molecule has 1 heterocycles. The Morgan fingerprint density at radius 1 is 0.933 bits per heavy atom. The van der Waals surface area contributed by atoms with Crippen molar-refractivity contribution >= 4 is 34.8 Å². The second-order valence-electron chi connectivity index (χ2n) is 6.75. The quantitative estimate of drug-likeness (QED) is 0.404. The lowest BCUT2D eigenvalue weighted by Gasteiger charge is -2.15. The van der Waals surface area contributed by atoms with E-state index >= 15 is 0 Å². The maximum Gasteiger partial charge on any atom is 0.271 e. The fraction of sp³-hybridized carbons (Fsp3) is 0.0455. The van der Waals surface area contributed by atoms with Crippen LogP contribution in [0.3, 0.4) is 0 Å². The maximum atomic E-state index is 12.7. The molecule has 1 aliphatic heterocycles. The largest absolute Gasteiger partial charge is 0.321 e. The van der Waals surface area contributed by atoms with Gasteiger partial charge < -0.3 is 5.32 Å². The highest BCUT2D eigenvalue weighted by atomic mass is 16.6. The minimum atomic E-state index is -0.544. The van der Waals surface area contributed by atoms with E-state index in [0.717, 1.165) is 4.90 Å². The molecule has 0 aliphatic carbocycles. The van der Waals surface area contributed by atoms with Crippen molar-refractivity contribution in [3.05, 3.63) is 99.1 Å². The zero-order valence-electron chi connectivity index (χ0n) is 15.8. The van der Waals surface area contributed by atoms with Crippen molar-refractivity contribution in [1.82, 2.24) is 0 Å². The van der Waals surface area contributed by atoms with E-state index in [1.54, 1.807) is 49.4 Å². The number of nitro benzene ring substituents is 1. The number of anilines is 2. The molecular weight excluding hydrogens is 386 g/mol. The van der Waals surface area contributed by atoms with Crippen molar-refractivity contribution < 1.29 is 19.3 Å². The summed E-state index contributed by atoms with van der Waals surface area (Å²) in [5.41, 5.74) is 1.91. The Balaban J connectivity index is 1.63. The number of rotatable bonds is 4. The molecule has 0 saturated heterocycles. The maximum absolute atomic E-state index is 12.7. The van der Waals surface area contributed by atoms with Crippen molar-refractivity contribution in [1.29, 1.82) is 0 Å². The number of benzene rings is 3. The Hall–Kier alpha value is -4.33. The SMILES string of the molecule is Cc1ccc([N+](=O)[O-])cc1NC(=O)c1cccc(N2C(=O)c3ccccc3C2=O)c1. The molecular formula is C22H15N3O5. The number of nitrogens with zero attached hydrogens (tertiary/aromatic N) is 2. The van der Waals surface area contributed by atoms with Crippen molar-refractivity contribution in [2.75, 3.05) is 10.2 Å². The van der Waals surface area contributed by atoms with Gasteiger partial charge in [-0.25, -0.2) is 4.90 Å². The third-order valence-electron chi connectivity index (χ3n) is 4.84. The molecule has 8 heteroatoms. The van der Waals surface area contributed by atoms with Gasteiger partial charge in [-0.1, -0.05) is 24.3 Å². The van der Waals surface area contributed by atoms with Gasteiger partial charge in [-0.2, -0.15) is 0 Å². The number of hydrogen-bond donors (Lipinski definition) is 1. The molecule has 3 aromatic rings. The van der Waals surface area contributed by atoms with Gasteiger partial charge in [-0.3, -0.25) is 24.5 Å². The minimum absolute atomic E-state index is 0.143. The highest BCUT2D eigenvalue weighted by Crippen LogP contribution is 2.29. The number of amides is 3. The Morgan fingerprint density at radius 3 is 2.23 bits per heavy atom. The molecule has 0 spiro atoms. The Bertz CT molecular complexity index is 1200. The zero-order chi connectivity index (χ0) is 21.4. The first-order chi connectivity index (χ1) is 14.4. The number of carbonyl (C=O) groups is 3. The van der Waals surface area contributed by atoms with Crippen LogP contribution >= 0.6 is 0 Å². The normalized spacial score (nSPS) is 12.6. The molecule has 0 unspecified atom stereocenters. The Morgan fingerprint density at radius 2 is 1.60 bits per heavy atom. The molecule has 30 heavy (non-hydrogen) atoms. The first-order valence-corrected chi connectivity index (χ1v) is 9.01. The van der Waals surface area contributed by atoms with E-state index in [1.807, 2.05) is 0 Å². The van der Waals surface area contributed by atoms with Gasteiger partial charge in [0.2, 0.25) is 0 Å². The lowest BCUT2D eigenvalue weighted by atomic mass is 10.1. The number of nitro groups is 1. The molecule has 0 saturated carbocycles. The van der Waals surface area contributed by atoms with Crippen LogP contribution in [-0.2, 0) is 0 Å². The summed E-state index contributed by atoms with van der Waals surface area (Å²) in [4.78, 5) is 49.5. The minimum Gasteiger partial charge on any atom is -0.321 e. The number of non-ortho nitro benzene ring substituents is 1. The van der Waals surface area contributed by atoms with Crippen LogP contribution in [0.15, 0.2) is 66.7 Å². The van der Waals surface area contributed by atoms with E-state index in [9.17, 15) is 24.5 Å². The van der Waals surface area contributed by atoms with Crippen molar-refractivity contribution in [2.24, 2.45) is 0 Å². The predicted molar refractivity (Wildman–Crippen MR) is 110 cm³/mol. The van der Waals surface area contributed by atoms with Crippen LogP contribution in [0.2, 0.25) is 0 Å². The van der Waals surface area contributed by atoms with Gasteiger partial charge in [0.25, 0.3) is 23.4 Å². The summed E-state index contributed by atoms with van der Waals surface area (Å²) < 4.78 is 0. The molecule has 0 aromatic heterocycles. The summed E-state index contributed by atoms with van der Waals surface area (Å²) in [6.07, 6.45) is 0. The molecule has 0 bridgehead atoms. The first kappa shape index (κ1) is 19.0. The predicted octanol–water partition coefficient (Wildman–Crippen LogP) is 3.96. The van der Waals surface area contributed by atoms with Crippen LogP contribution in [0, 0.1) is 17.0 Å². The van der Waals surface area contributed by atoms with E-state index in [4.69, 9.17) is 0 Å². The molecule has 8 nitrogen and oxygen atoms in total. The average Bonchev–Trinajstić information content (AvgIpc) is 3.00. The van der Waals surface area contributed by atoms with Crippen LogP contribution in [0.4, 0.5) is 17.1 Å². The first-order valence-electron chi connectivity index (χ1n) is 9.01. The molecule has 4 rings (SSSR count). The highest BCUT2D eigenvalue weighted by molar-refractivity contribution is 6.34. The van der Waals surface area contributed by atoms with E-state index in [2.05, 4.69) is 5.32 Å². The van der Waals surface area contributed by atoms with Crippen LogP contribution in [0.1, 0.15) is 36.6 Å². The molecule has 3 amide bonds. The zero-order valence-corrected chi connectivity index (χ0v) is 15.8. The molecule has 0 fully saturated rings. The van der Waals surface area contributed by atoms with Gasteiger partial charge in [-0.15, -0.1) is 0 Å². The standard InChI is InChI=1S/C22H15N3O5/c1-13-9-10-16(25(29)30)12-19(13)23-20(26)14-5-4-6-15(11-14)24-21(27)17-7-2-3-8-18(17)22(24)28/h2-12H,1H3,(H,23,26). The number of nitrogens with one attached hydrogen (secondary N) is 1. The third kappa shape index (κ3) is 3.20. The van der Waals surface area contributed by atoms with Gasteiger partial charge in [0.1, 0.15) is 0 Å². The summed E-state index contributed by atoms with van der Waals surface area (Å²) in [6, 6.07) is 16.8. The summed E-state index contributed by atoms with van der Waals surface area (Å²) in [5.74, 6) is -1.43. The summed E-state index contributed by atoms with van der Waals surface area (Å²) in [7, 11) is 0. The summed E-state index contributed by atoms with van der Waals surface area (Å²) in [5, 5.41) is 13.6. The van der Waals surface area contributed by atoms with E-state index in [1.165, 1.54) is 24.3 Å². The van der Waals surface area contributed by atoms with Gasteiger partial charge in [-0.05, 0) is 42.8 Å². The van der Waals surface area contributed by atoms with Gasteiger partial charge in [0, 0.05) is 17.7 Å². The number of fused-ring (bicyclic) bond motifs is 1. The molecule has 148 valence electrons. The molecule has 1 aliphatic rings. The summed E-state index contributed by atoms with van der Waals surface area (Å²) >= 11 is 0. The molecule has 3 aromatic carbocycles. The van der Waals surface area contributed by atoms with Crippen molar-refractivity contribution in [2.45, 2.75) is 6.92 Å². The van der Waals surface area contributed by atoms with Gasteiger partial charge in [0.05, 0.1) is 27.4 Å². The van der Waals surface area contributed by atoms with E-state index in [-0.39, 0.29) is 16.9 Å². The monoisotopic (exact) mass is 401 g/mol. The summed E-state index contributed by atoms with van der Waals surface area (Å²) in [6.45, 7) is 1.72. The van der Waals surface area contributed by atoms with Crippen LogP contribution < -0.4 is 10.2 Å². The van der Waals surface area contributed by atoms with Crippen LogP contribution in [-0.4, -0.2) is 22.6 Å². The lowest BCUT2D eigenvalue weighted by molar-refractivity contribution is -0.384. The van der Waals surface area contributed by atoms with Crippen molar-refractivity contribution in [3.8, 4) is 0 Å². The van der Waals surface area contributed by atoms with Crippen LogP contribution in [0.5, 0.6) is 0 Å². The number of hydrogen-bond acceptors (Lipinski definition) is 5. The van der Waals surface area contributed by atoms with Crippen LogP contribution in [0.25, 0.3) is 0 Å². The molecule has 0 atom stereocenters. The number of aryl methyl sites for hydroxylation is 1. The average molecular weight is 401 g/mol. The second kappa shape index (κ2) is 7.25. The van der Waals surface area contributed by atoms with E-state index in [0.29, 0.717) is 22.4 Å². The topological polar surface area (TPSA) is 110 Å². The third-order valence-corrected chi connectivity index (χ3v) is 4.84. The fourth-order valence-electron chi connectivity index (χ4n) is 3.26. The number of imide groups is 1. The number of carbonyl (C=O) groups excluding carboxylic acids is 3. The Labute approximate surface area is 170 Å². The van der Waals surface area contributed by atoms with Gasteiger partial charge in [0.15, 0.2) is 0 Å². The lowest BCUT2D eigenvalue weighted by Crippen LogP contribution is -2.29. The highest BCUT2D eigenvalue weighted by Gasteiger charge is 2.36. The smallest absolute Gasteiger partial charge is 0.271 e. The molecule has 1 N–H and O–H groups in total.